The molecule has 3 aliphatic heterocycles. The van der Waals surface area contributed by atoms with Gasteiger partial charge < -0.3 is 24.6 Å². The highest BCUT2D eigenvalue weighted by molar-refractivity contribution is 5.89. The summed E-state index contributed by atoms with van der Waals surface area (Å²) in [6.45, 7) is 4.91. The summed E-state index contributed by atoms with van der Waals surface area (Å²) in [6, 6.07) is 8.16. The van der Waals surface area contributed by atoms with Crippen LogP contribution in [0.5, 0.6) is 0 Å². The van der Waals surface area contributed by atoms with Crippen molar-refractivity contribution >= 4 is 17.4 Å². The number of hydrogen-bond acceptors (Lipinski definition) is 4. The van der Waals surface area contributed by atoms with Gasteiger partial charge in [0, 0.05) is 50.4 Å². The predicted octanol–water partition coefficient (Wildman–Crippen LogP) is 3.05. The smallest absolute Gasteiger partial charge is 0.321 e. The number of nitrogens with zero attached hydrogens (tertiary/aromatic N) is 2. The zero-order chi connectivity index (χ0) is 17.1. The summed E-state index contributed by atoms with van der Waals surface area (Å²) in [5.41, 5.74) is 2.09. The summed E-state index contributed by atoms with van der Waals surface area (Å²) in [5, 5.41) is 3.01. The van der Waals surface area contributed by atoms with Gasteiger partial charge in [-0.25, -0.2) is 4.79 Å². The van der Waals surface area contributed by atoms with Gasteiger partial charge in [0.25, 0.3) is 0 Å². The van der Waals surface area contributed by atoms with Gasteiger partial charge in [0.15, 0.2) is 5.79 Å². The van der Waals surface area contributed by atoms with E-state index in [9.17, 15) is 4.79 Å². The molecular weight excluding hydrogens is 318 g/mol. The Balaban J connectivity index is 1.30. The van der Waals surface area contributed by atoms with E-state index in [1.807, 2.05) is 17.0 Å². The number of benzene rings is 1. The van der Waals surface area contributed by atoms with Crippen molar-refractivity contribution in [3.05, 3.63) is 24.3 Å². The van der Waals surface area contributed by atoms with Crippen LogP contribution in [0.3, 0.4) is 0 Å². The quantitative estimate of drug-likeness (QED) is 0.895. The molecule has 0 radical (unpaired) electrons. The van der Waals surface area contributed by atoms with Gasteiger partial charge in [-0.05, 0) is 43.5 Å². The monoisotopic (exact) mass is 345 g/mol. The van der Waals surface area contributed by atoms with E-state index in [4.69, 9.17) is 9.47 Å². The maximum atomic E-state index is 12.5. The number of carbonyl (C=O) groups is 1. The molecule has 136 valence electrons. The van der Waals surface area contributed by atoms with Crippen LogP contribution in [0.2, 0.25) is 0 Å². The number of rotatable bonds is 2. The summed E-state index contributed by atoms with van der Waals surface area (Å²) >= 11 is 0. The molecule has 4 rings (SSSR count). The summed E-state index contributed by atoms with van der Waals surface area (Å²) < 4.78 is 11.4. The molecule has 3 aliphatic rings. The Morgan fingerprint density at radius 3 is 2.20 bits per heavy atom. The predicted molar refractivity (Wildman–Crippen MR) is 97.0 cm³/mol. The van der Waals surface area contributed by atoms with Gasteiger partial charge in [-0.2, -0.15) is 0 Å². The van der Waals surface area contributed by atoms with E-state index < -0.39 is 5.79 Å². The maximum Gasteiger partial charge on any atom is 0.321 e. The van der Waals surface area contributed by atoms with Crippen LogP contribution in [-0.4, -0.2) is 56.1 Å². The molecule has 6 heteroatoms. The zero-order valence-electron chi connectivity index (χ0n) is 14.7. The minimum atomic E-state index is -0.438. The molecule has 25 heavy (non-hydrogen) atoms. The second-order valence-electron chi connectivity index (χ2n) is 7.12. The van der Waals surface area contributed by atoms with Crippen molar-refractivity contribution in [2.75, 3.05) is 49.6 Å². The normalized spacial score (nSPS) is 23.0. The van der Waals surface area contributed by atoms with Crippen molar-refractivity contribution in [3.63, 3.8) is 0 Å². The van der Waals surface area contributed by atoms with Crippen molar-refractivity contribution < 1.29 is 14.3 Å². The SMILES string of the molecule is O=C(Nc1ccc(N2CCCCC2)cc1)N1CCC2(CC1)OCCO2. The summed E-state index contributed by atoms with van der Waals surface area (Å²) in [6.07, 6.45) is 5.35. The maximum absolute atomic E-state index is 12.5. The molecule has 1 aromatic carbocycles. The Morgan fingerprint density at radius 1 is 0.920 bits per heavy atom. The van der Waals surface area contributed by atoms with Crippen molar-refractivity contribution in [2.24, 2.45) is 0 Å². The number of ether oxygens (including phenoxy) is 2. The molecule has 2 amide bonds. The van der Waals surface area contributed by atoms with E-state index in [0.717, 1.165) is 31.6 Å². The third-order valence-corrected chi connectivity index (χ3v) is 5.47. The second-order valence-corrected chi connectivity index (χ2v) is 7.12. The molecular formula is C19H27N3O3. The van der Waals surface area contributed by atoms with Gasteiger partial charge in [-0.15, -0.1) is 0 Å². The van der Waals surface area contributed by atoms with Crippen LogP contribution in [0.4, 0.5) is 16.2 Å². The number of nitrogens with one attached hydrogen (secondary N) is 1. The van der Waals surface area contributed by atoms with E-state index >= 15 is 0 Å². The average Bonchev–Trinajstić information content (AvgIpc) is 3.11. The van der Waals surface area contributed by atoms with E-state index in [1.165, 1.54) is 24.9 Å². The van der Waals surface area contributed by atoms with E-state index in [2.05, 4.69) is 22.3 Å². The van der Waals surface area contributed by atoms with Crippen LogP contribution >= 0.6 is 0 Å². The third kappa shape index (κ3) is 3.75. The van der Waals surface area contributed by atoms with Gasteiger partial charge in [0.1, 0.15) is 0 Å². The number of hydrogen-bond donors (Lipinski definition) is 1. The minimum absolute atomic E-state index is 0.0430. The first-order valence-corrected chi connectivity index (χ1v) is 9.43. The number of piperidine rings is 2. The van der Waals surface area contributed by atoms with Crippen LogP contribution in [0.15, 0.2) is 24.3 Å². The fraction of sp³-hybridized carbons (Fsp3) is 0.632. The number of urea groups is 1. The molecule has 1 spiro atoms. The lowest BCUT2D eigenvalue weighted by molar-refractivity contribution is -0.181. The topological polar surface area (TPSA) is 54.0 Å². The van der Waals surface area contributed by atoms with Crippen LogP contribution in [0, 0.1) is 0 Å². The summed E-state index contributed by atoms with van der Waals surface area (Å²) in [5.74, 6) is -0.438. The molecule has 1 aromatic rings. The van der Waals surface area contributed by atoms with Gasteiger partial charge in [0.2, 0.25) is 0 Å². The van der Waals surface area contributed by atoms with Crippen LogP contribution in [0.25, 0.3) is 0 Å². The lowest BCUT2D eigenvalue weighted by Crippen LogP contribution is -2.48. The number of amides is 2. The number of anilines is 2. The minimum Gasteiger partial charge on any atom is -0.372 e. The van der Waals surface area contributed by atoms with Gasteiger partial charge in [-0.1, -0.05) is 0 Å². The van der Waals surface area contributed by atoms with Gasteiger partial charge >= 0.3 is 6.03 Å². The highest BCUT2D eigenvalue weighted by atomic mass is 16.7. The lowest BCUT2D eigenvalue weighted by atomic mass is 10.0. The third-order valence-electron chi connectivity index (χ3n) is 5.47. The van der Waals surface area contributed by atoms with Crippen LogP contribution < -0.4 is 10.2 Å². The Kier molecular flexibility index (Phi) is 4.81. The Morgan fingerprint density at radius 2 is 1.56 bits per heavy atom. The van der Waals surface area contributed by atoms with Gasteiger partial charge in [0.05, 0.1) is 13.2 Å². The largest absolute Gasteiger partial charge is 0.372 e. The number of likely N-dealkylation sites (tertiary alicyclic amines) is 1. The van der Waals surface area contributed by atoms with E-state index in [0.29, 0.717) is 26.3 Å². The zero-order valence-corrected chi connectivity index (χ0v) is 14.7. The Labute approximate surface area is 149 Å². The molecule has 6 nitrogen and oxygen atoms in total. The highest BCUT2D eigenvalue weighted by Crippen LogP contribution is 2.31. The van der Waals surface area contributed by atoms with Crippen molar-refractivity contribution in [2.45, 2.75) is 37.9 Å². The van der Waals surface area contributed by atoms with Crippen molar-refractivity contribution in [3.8, 4) is 0 Å². The number of carbonyl (C=O) groups excluding carboxylic acids is 1. The first kappa shape index (κ1) is 16.7. The Hall–Kier alpha value is -1.79. The molecule has 3 fully saturated rings. The second kappa shape index (κ2) is 7.22. The first-order valence-electron chi connectivity index (χ1n) is 9.43. The highest BCUT2D eigenvalue weighted by Gasteiger charge is 2.40. The molecule has 0 atom stereocenters. The average molecular weight is 345 g/mol. The van der Waals surface area contributed by atoms with Crippen molar-refractivity contribution in [1.82, 2.24) is 4.90 Å². The molecule has 0 aliphatic carbocycles. The standard InChI is InChI=1S/C19H27N3O3/c23-18(22-12-8-19(9-13-22)24-14-15-25-19)20-16-4-6-17(7-5-16)21-10-2-1-3-11-21/h4-7H,1-3,8-15H2,(H,20,23). The van der Waals surface area contributed by atoms with Crippen LogP contribution in [0.1, 0.15) is 32.1 Å². The molecule has 0 unspecified atom stereocenters. The Bertz CT molecular complexity index is 582. The van der Waals surface area contributed by atoms with E-state index in [1.54, 1.807) is 0 Å². The fourth-order valence-corrected chi connectivity index (χ4v) is 3.95. The fourth-order valence-electron chi connectivity index (χ4n) is 3.95. The molecule has 0 aromatic heterocycles. The first-order chi connectivity index (χ1) is 12.2. The lowest BCUT2D eigenvalue weighted by Gasteiger charge is -2.37. The molecule has 0 bridgehead atoms. The van der Waals surface area contributed by atoms with Crippen molar-refractivity contribution in [1.29, 1.82) is 0 Å². The molecule has 1 N–H and O–H groups in total. The molecule has 3 heterocycles. The van der Waals surface area contributed by atoms with Crippen LogP contribution in [-0.2, 0) is 9.47 Å². The summed E-state index contributed by atoms with van der Waals surface area (Å²) in [7, 11) is 0. The molecule has 0 saturated carbocycles. The van der Waals surface area contributed by atoms with E-state index in [-0.39, 0.29) is 6.03 Å². The summed E-state index contributed by atoms with van der Waals surface area (Å²) in [4.78, 5) is 16.7. The van der Waals surface area contributed by atoms with Gasteiger partial charge in [-0.3, -0.25) is 0 Å². The molecule has 3 saturated heterocycles.